The third kappa shape index (κ3) is 3.98. The van der Waals surface area contributed by atoms with E-state index in [2.05, 4.69) is 5.10 Å². The topological polar surface area (TPSA) is 73.7 Å². The van der Waals surface area contributed by atoms with E-state index in [0.29, 0.717) is 55.2 Å². The molecule has 5 rings (SSSR count). The number of benzene rings is 2. The first-order valence-corrected chi connectivity index (χ1v) is 10.8. The molecule has 31 heavy (non-hydrogen) atoms. The second-order valence-corrected chi connectivity index (χ2v) is 8.08. The second-order valence-electron chi connectivity index (χ2n) is 8.08. The van der Waals surface area contributed by atoms with Crippen LogP contribution in [-0.4, -0.2) is 53.2 Å². The Hall–Kier alpha value is -3.03. The molecule has 0 aliphatic carbocycles. The Morgan fingerprint density at radius 1 is 0.935 bits per heavy atom. The highest BCUT2D eigenvalue weighted by atomic mass is 16.7. The number of ether oxygens (including phenoxy) is 2. The summed E-state index contributed by atoms with van der Waals surface area (Å²) in [6, 6.07) is 16.9. The van der Waals surface area contributed by atoms with Crippen LogP contribution in [0.1, 0.15) is 28.9 Å². The number of aromatic nitrogens is 2. The zero-order chi connectivity index (χ0) is 21.2. The fraction of sp³-hybridized carbons (Fsp3) is 0.375. The molecule has 3 aromatic rings. The van der Waals surface area contributed by atoms with Crippen LogP contribution < -0.4 is 5.56 Å². The van der Waals surface area contributed by atoms with Crippen LogP contribution in [0.4, 0.5) is 0 Å². The summed E-state index contributed by atoms with van der Waals surface area (Å²) < 4.78 is 12.7. The molecular weight excluding hydrogens is 394 g/mol. The van der Waals surface area contributed by atoms with E-state index in [4.69, 9.17) is 9.47 Å². The first-order chi connectivity index (χ1) is 15.2. The molecule has 160 valence electrons. The van der Waals surface area contributed by atoms with E-state index in [-0.39, 0.29) is 17.8 Å². The first kappa shape index (κ1) is 19.9. The van der Waals surface area contributed by atoms with Crippen molar-refractivity contribution in [3.05, 3.63) is 76.2 Å². The molecule has 7 heteroatoms. The van der Waals surface area contributed by atoms with Gasteiger partial charge in [-0.25, -0.2) is 4.68 Å². The van der Waals surface area contributed by atoms with Crippen LogP contribution in [0.5, 0.6) is 0 Å². The predicted molar refractivity (Wildman–Crippen MR) is 116 cm³/mol. The molecule has 2 aromatic carbocycles. The number of hydrogen-bond acceptors (Lipinski definition) is 5. The lowest BCUT2D eigenvalue weighted by atomic mass is 9.95. The highest BCUT2D eigenvalue weighted by molar-refractivity contribution is 6.04. The van der Waals surface area contributed by atoms with Crippen molar-refractivity contribution in [3.8, 4) is 0 Å². The first-order valence-electron chi connectivity index (χ1n) is 10.8. The van der Waals surface area contributed by atoms with Crippen LogP contribution in [-0.2, 0) is 16.0 Å². The summed E-state index contributed by atoms with van der Waals surface area (Å²) in [5.41, 5.74) is 1.10. The molecular formula is C24H25N3O4. The fourth-order valence-electron chi connectivity index (χ4n) is 4.43. The number of piperidine rings is 1. The Morgan fingerprint density at radius 3 is 2.29 bits per heavy atom. The Labute approximate surface area is 180 Å². The molecule has 0 N–H and O–H groups in total. The van der Waals surface area contributed by atoms with Gasteiger partial charge in [0.1, 0.15) is 0 Å². The third-order valence-electron chi connectivity index (χ3n) is 6.10. The van der Waals surface area contributed by atoms with Crippen LogP contribution in [0.2, 0.25) is 0 Å². The number of rotatable bonds is 4. The average Bonchev–Trinajstić information content (AvgIpc) is 3.36. The molecule has 1 aromatic heterocycles. The lowest BCUT2D eigenvalue weighted by Crippen LogP contribution is -2.42. The van der Waals surface area contributed by atoms with Crippen molar-refractivity contribution in [3.63, 3.8) is 0 Å². The van der Waals surface area contributed by atoms with Crippen LogP contribution in [0, 0.1) is 5.92 Å². The minimum absolute atomic E-state index is 0.135. The molecule has 3 heterocycles. The standard InChI is InChI=1S/C24H25N3O4/c28-22-20-9-5-4-8-19(20)21(25-27(22)16-17-6-2-1-3-7-17)23(29)26-12-10-18(11-13-26)24-30-14-15-31-24/h1-9,18,24H,10-16H2. The fourth-order valence-corrected chi connectivity index (χ4v) is 4.43. The number of likely N-dealkylation sites (tertiary alicyclic amines) is 1. The van der Waals surface area contributed by atoms with Gasteiger partial charge in [0.2, 0.25) is 0 Å². The summed E-state index contributed by atoms with van der Waals surface area (Å²) in [5, 5.41) is 5.65. The molecule has 0 unspecified atom stereocenters. The van der Waals surface area contributed by atoms with E-state index >= 15 is 0 Å². The third-order valence-corrected chi connectivity index (χ3v) is 6.10. The van der Waals surface area contributed by atoms with Gasteiger partial charge < -0.3 is 14.4 Å². The van der Waals surface area contributed by atoms with Gasteiger partial charge in [-0.15, -0.1) is 0 Å². The van der Waals surface area contributed by atoms with E-state index < -0.39 is 0 Å². The monoisotopic (exact) mass is 419 g/mol. The minimum Gasteiger partial charge on any atom is -0.350 e. The van der Waals surface area contributed by atoms with Crippen LogP contribution in [0.15, 0.2) is 59.4 Å². The Kier molecular flexibility index (Phi) is 5.53. The van der Waals surface area contributed by atoms with E-state index in [9.17, 15) is 9.59 Å². The molecule has 2 saturated heterocycles. The van der Waals surface area contributed by atoms with Gasteiger partial charge in [0.25, 0.3) is 11.5 Å². The van der Waals surface area contributed by atoms with Gasteiger partial charge >= 0.3 is 0 Å². The largest absolute Gasteiger partial charge is 0.350 e. The average molecular weight is 419 g/mol. The molecule has 0 radical (unpaired) electrons. The molecule has 1 amide bonds. The number of fused-ring (bicyclic) bond motifs is 1. The highest BCUT2D eigenvalue weighted by Gasteiger charge is 2.33. The van der Waals surface area contributed by atoms with Gasteiger partial charge in [-0.3, -0.25) is 9.59 Å². The Morgan fingerprint density at radius 2 is 1.58 bits per heavy atom. The zero-order valence-corrected chi connectivity index (χ0v) is 17.3. The highest BCUT2D eigenvalue weighted by Crippen LogP contribution is 2.27. The quantitative estimate of drug-likeness (QED) is 0.650. The van der Waals surface area contributed by atoms with Crippen molar-refractivity contribution in [2.24, 2.45) is 5.92 Å². The lowest BCUT2D eigenvalue weighted by molar-refractivity contribution is -0.0956. The van der Waals surface area contributed by atoms with Crippen LogP contribution in [0.3, 0.4) is 0 Å². The number of hydrogen-bond donors (Lipinski definition) is 0. The normalized spacial score (nSPS) is 18.0. The smallest absolute Gasteiger partial charge is 0.274 e. The molecule has 2 fully saturated rings. The second kappa shape index (κ2) is 8.61. The van der Waals surface area contributed by atoms with Gasteiger partial charge in [-0.05, 0) is 24.5 Å². The maximum Gasteiger partial charge on any atom is 0.274 e. The predicted octanol–water partition coefficient (Wildman–Crippen LogP) is 2.67. The summed E-state index contributed by atoms with van der Waals surface area (Å²) in [5.74, 6) is 0.174. The van der Waals surface area contributed by atoms with Crippen LogP contribution in [0.25, 0.3) is 10.8 Å². The maximum absolute atomic E-state index is 13.4. The van der Waals surface area contributed by atoms with Gasteiger partial charge in [0.15, 0.2) is 12.0 Å². The van der Waals surface area contributed by atoms with Gasteiger partial charge in [-0.2, -0.15) is 5.10 Å². The van der Waals surface area contributed by atoms with Gasteiger partial charge in [0.05, 0.1) is 25.1 Å². The number of carbonyl (C=O) groups is 1. The molecule has 2 aliphatic heterocycles. The number of nitrogens with zero attached hydrogens (tertiary/aromatic N) is 3. The summed E-state index contributed by atoms with van der Waals surface area (Å²) in [4.78, 5) is 28.3. The van der Waals surface area contributed by atoms with Gasteiger partial charge in [0, 0.05) is 24.4 Å². The van der Waals surface area contributed by atoms with E-state index in [0.717, 1.165) is 18.4 Å². The summed E-state index contributed by atoms with van der Waals surface area (Å²) in [6.45, 7) is 2.86. The van der Waals surface area contributed by atoms with Crippen molar-refractivity contribution in [1.29, 1.82) is 0 Å². The molecule has 0 spiro atoms. The maximum atomic E-state index is 13.4. The summed E-state index contributed by atoms with van der Waals surface area (Å²) >= 11 is 0. The van der Waals surface area contributed by atoms with Crippen molar-refractivity contribution in [2.45, 2.75) is 25.7 Å². The Balaban J connectivity index is 1.44. The van der Waals surface area contributed by atoms with Crippen molar-refractivity contribution in [2.75, 3.05) is 26.3 Å². The zero-order valence-electron chi connectivity index (χ0n) is 17.3. The summed E-state index contributed by atoms with van der Waals surface area (Å²) in [7, 11) is 0. The van der Waals surface area contributed by atoms with E-state index in [1.165, 1.54) is 4.68 Å². The molecule has 7 nitrogen and oxygen atoms in total. The molecule has 0 bridgehead atoms. The Bertz CT molecular complexity index is 1130. The van der Waals surface area contributed by atoms with E-state index in [1.807, 2.05) is 47.4 Å². The number of amides is 1. The molecule has 0 atom stereocenters. The van der Waals surface area contributed by atoms with Crippen molar-refractivity contribution >= 4 is 16.7 Å². The minimum atomic E-state index is -0.190. The SMILES string of the molecule is O=C(c1nn(Cc2ccccc2)c(=O)c2ccccc12)N1CCC(C2OCCO2)CC1. The van der Waals surface area contributed by atoms with Crippen molar-refractivity contribution < 1.29 is 14.3 Å². The van der Waals surface area contributed by atoms with Crippen LogP contribution >= 0.6 is 0 Å². The number of carbonyl (C=O) groups excluding carboxylic acids is 1. The molecule has 0 saturated carbocycles. The van der Waals surface area contributed by atoms with Crippen molar-refractivity contribution in [1.82, 2.24) is 14.7 Å². The molecule has 2 aliphatic rings. The summed E-state index contributed by atoms with van der Waals surface area (Å²) in [6.07, 6.45) is 1.51. The lowest BCUT2D eigenvalue weighted by Gasteiger charge is -2.33. The van der Waals surface area contributed by atoms with Gasteiger partial charge in [-0.1, -0.05) is 48.5 Å². The van der Waals surface area contributed by atoms with E-state index in [1.54, 1.807) is 12.1 Å².